The lowest BCUT2D eigenvalue weighted by Crippen LogP contribution is -2.67. The van der Waals surface area contributed by atoms with Crippen LogP contribution in [0, 0.1) is 23.7 Å². The highest BCUT2D eigenvalue weighted by atomic mass is 16.3. The Balaban J connectivity index is 1.72. The van der Waals surface area contributed by atoms with Crippen LogP contribution in [0.15, 0.2) is 58.9 Å². The second-order valence-electron chi connectivity index (χ2n) is 12.3. The number of carbonyl (C=O) groups is 3. The van der Waals surface area contributed by atoms with E-state index in [1.165, 1.54) is 6.92 Å². The number of benzene rings is 2. The molecule has 0 aliphatic heterocycles. The van der Waals surface area contributed by atoms with Crippen molar-refractivity contribution in [2.75, 3.05) is 0 Å². The number of ketones is 3. The van der Waals surface area contributed by atoms with Gasteiger partial charge in [-0.05, 0) is 50.2 Å². The third kappa shape index (κ3) is 3.35. The summed E-state index contributed by atoms with van der Waals surface area (Å²) in [5.41, 5.74) is -1.05. The maximum Gasteiger partial charge on any atom is 0.206 e. The van der Waals surface area contributed by atoms with Gasteiger partial charge in [0, 0.05) is 22.0 Å². The molecule has 3 aliphatic rings. The molecule has 3 N–H and O–H groups in total. The largest absolute Gasteiger partial charge is 0.508 e. The van der Waals surface area contributed by atoms with Gasteiger partial charge in [0.15, 0.2) is 17.2 Å². The van der Waals surface area contributed by atoms with Crippen LogP contribution >= 0.6 is 0 Å². The minimum Gasteiger partial charge on any atom is -0.508 e. The molecule has 6 heteroatoms. The minimum absolute atomic E-state index is 0.0544. The van der Waals surface area contributed by atoms with Gasteiger partial charge in [-0.15, -0.1) is 0 Å². The fourth-order valence-electron chi connectivity index (χ4n) is 7.63. The summed E-state index contributed by atoms with van der Waals surface area (Å²) in [7, 11) is 0. The number of fused-ring (bicyclic) bond motifs is 3. The summed E-state index contributed by atoms with van der Waals surface area (Å²) in [6.45, 7) is 12.4. The van der Waals surface area contributed by atoms with Crippen LogP contribution in [0.25, 0.3) is 12.2 Å². The Labute approximate surface area is 234 Å². The second kappa shape index (κ2) is 8.87. The molecule has 0 fully saturated rings. The summed E-state index contributed by atoms with van der Waals surface area (Å²) in [6.07, 6.45) is 3.78. The SMILES string of the molecule is CC(=O)C1=C(C)C[C@@]2(C)[C@H](C)[C@]3(C)C(=C(O)[C@@]2(O)C1=O)C(=O)c1c(ccc(/C=C/c2ccc(C)cc2)c1O)[C@H]3C. The Morgan fingerprint density at radius 2 is 1.60 bits per heavy atom. The predicted molar refractivity (Wildman–Crippen MR) is 154 cm³/mol. The molecule has 5 rings (SSSR count). The van der Waals surface area contributed by atoms with Crippen molar-refractivity contribution in [3.63, 3.8) is 0 Å². The van der Waals surface area contributed by atoms with Gasteiger partial charge in [0.2, 0.25) is 5.78 Å². The number of rotatable bonds is 3. The Morgan fingerprint density at radius 1 is 0.975 bits per heavy atom. The van der Waals surface area contributed by atoms with E-state index in [2.05, 4.69) is 0 Å². The molecule has 0 saturated heterocycles. The Kier molecular flexibility index (Phi) is 6.16. The molecular formula is C34H36O6. The van der Waals surface area contributed by atoms with Gasteiger partial charge in [0.1, 0.15) is 11.5 Å². The molecule has 0 bridgehead atoms. The third-order valence-electron chi connectivity index (χ3n) is 10.4. The zero-order valence-electron chi connectivity index (χ0n) is 24.0. The van der Waals surface area contributed by atoms with E-state index in [0.717, 1.165) is 11.1 Å². The quantitative estimate of drug-likeness (QED) is 0.313. The third-order valence-corrected chi connectivity index (χ3v) is 10.4. The molecule has 3 aliphatic carbocycles. The summed E-state index contributed by atoms with van der Waals surface area (Å²) in [5.74, 6) is -3.73. The van der Waals surface area contributed by atoms with Gasteiger partial charge < -0.3 is 15.3 Å². The minimum atomic E-state index is -2.45. The van der Waals surface area contributed by atoms with Crippen molar-refractivity contribution in [2.45, 2.75) is 66.4 Å². The van der Waals surface area contributed by atoms with Gasteiger partial charge in [0.05, 0.1) is 11.1 Å². The van der Waals surface area contributed by atoms with Crippen LogP contribution in [0.4, 0.5) is 0 Å². The van der Waals surface area contributed by atoms with Gasteiger partial charge in [-0.2, -0.15) is 0 Å². The molecule has 5 atom stereocenters. The van der Waals surface area contributed by atoms with E-state index in [0.29, 0.717) is 16.7 Å². The molecule has 40 heavy (non-hydrogen) atoms. The molecule has 0 radical (unpaired) electrons. The summed E-state index contributed by atoms with van der Waals surface area (Å²) in [4.78, 5) is 40.4. The van der Waals surface area contributed by atoms with E-state index in [1.54, 1.807) is 26.0 Å². The number of aromatic hydroxyl groups is 1. The van der Waals surface area contributed by atoms with Gasteiger partial charge in [0.25, 0.3) is 0 Å². The van der Waals surface area contributed by atoms with Crippen LogP contribution in [0.2, 0.25) is 0 Å². The van der Waals surface area contributed by atoms with Crippen molar-refractivity contribution in [3.05, 3.63) is 86.7 Å². The molecule has 0 saturated carbocycles. The zero-order valence-corrected chi connectivity index (χ0v) is 24.0. The highest BCUT2D eigenvalue weighted by Crippen LogP contribution is 2.68. The molecule has 6 nitrogen and oxygen atoms in total. The summed E-state index contributed by atoms with van der Waals surface area (Å²) >= 11 is 0. The first-order chi connectivity index (χ1) is 18.6. The number of Topliss-reactive ketones (excluding diaryl/α,β-unsaturated/α-hetero) is 3. The lowest BCUT2D eigenvalue weighted by molar-refractivity contribution is -0.169. The number of carbonyl (C=O) groups excluding carboxylic acids is 3. The molecular weight excluding hydrogens is 504 g/mol. The fraction of sp³-hybridized carbons (Fsp3) is 0.382. The Hall–Kier alpha value is -3.77. The van der Waals surface area contributed by atoms with Crippen LogP contribution in [0.5, 0.6) is 5.75 Å². The van der Waals surface area contributed by atoms with Crippen molar-refractivity contribution in [1.29, 1.82) is 0 Å². The topological polar surface area (TPSA) is 112 Å². The van der Waals surface area contributed by atoms with Crippen molar-refractivity contribution >= 4 is 29.5 Å². The maximum atomic E-state index is 14.2. The second-order valence-corrected chi connectivity index (χ2v) is 12.3. The average molecular weight is 541 g/mol. The van der Waals surface area contributed by atoms with E-state index in [4.69, 9.17) is 0 Å². The predicted octanol–water partition coefficient (Wildman–Crippen LogP) is 6.25. The van der Waals surface area contributed by atoms with E-state index >= 15 is 0 Å². The Bertz CT molecular complexity index is 1590. The molecule has 0 amide bonds. The monoisotopic (exact) mass is 540 g/mol. The first-order valence-electron chi connectivity index (χ1n) is 13.7. The Morgan fingerprint density at radius 3 is 2.20 bits per heavy atom. The lowest BCUT2D eigenvalue weighted by Gasteiger charge is -2.62. The molecule has 208 valence electrons. The smallest absolute Gasteiger partial charge is 0.206 e. The van der Waals surface area contributed by atoms with E-state index < -0.39 is 45.5 Å². The van der Waals surface area contributed by atoms with Crippen molar-refractivity contribution in [3.8, 4) is 5.75 Å². The van der Waals surface area contributed by atoms with E-state index in [1.807, 2.05) is 64.1 Å². The molecule has 0 heterocycles. The summed E-state index contributed by atoms with van der Waals surface area (Å²) in [6, 6.07) is 11.5. The summed E-state index contributed by atoms with van der Waals surface area (Å²) in [5, 5.41) is 35.2. The van der Waals surface area contributed by atoms with Crippen LogP contribution in [-0.2, 0) is 9.59 Å². The van der Waals surface area contributed by atoms with Crippen molar-refractivity contribution in [2.24, 2.45) is 16.7 Å². The van der Waals surface area contributed by atoms with Gasteiger partial charge in [-0.25, -0.2) is 0 Å². The lowest BCUT2D eigenvalue weighted by atomic mass is 9.41. The fourth-order valence-corrected chi connectivity index (χ4v) is 7.63. The van der Waals surface area contributed by atoms with Crippen LogP contribution in [0.1, 0.15) is 86.5 Å². The number of hydrogen-bond acceptors (Lipinski definition) is 6. The van der Waals surface area contributed by atoms with Gasteiger partial charge in [-0.1, -0.05) is 87.4 Å². The number of allylic oxidation sites excluding steroid dienone is 2. The zero-order chi connectivity index (χ0) is 29.5. The van der Waals surface area contributed by atoms with Crippen molar-refractivity contribution < 1.29 is 29.7 Å². The van der Waals surface area contributed by atoms with Crippen LogP contribution in [-0.4, -0.2) is 38.3 Å². The standard InChI is InChI=1S/C34H36O6/c1-17-8-10-22(11-9-17)12-13-23-14-15-24-19(3)33(7)21(5)32(6)16-18(2)25(20(4)35)30(38)34(32,40)31(39)27(33)29(37)26(24)28(23)36/h8-15,19,21,36,39-40H,16H2,1-7H3/b13-12+/t19-,21+,32+,33-,34+/m1/s1. The van der Waals surface area contributed by atoms with E-state index in [-0.39, 0.29) is 34.8 Å². The molecule has 2 aromatic carbocycles. The van der Waals surface area contributed by atoms with Gasteiger partial charge in [-0.3, -0.25) is 14.4 Å². The number of aryl methyl sites for hydroxylation is 1. The number of aliphatic hydroxyl groups excluding tert-OH is 1. The first-order valence-corrected chi connectivity index (χ1v) is 13.7. The number of phenolic OH excluding ortho intramolecular Hbond substituents is 1. The number of phenols is 1. The van der Waals surface area contributed by atoms with E-state index in [9.17, 15) is 29.7 Å². The summed E-state index contributed by atoms with van der Waals surface area (Å²) < 4.78 is 0. The van der Waals surface area contributed by atoms with Crippen LogP contribution in [0.3, 0.4) is 0 Å². The molecule has 2 aromatic rings. The highest BCUT2D eigenvalue weighted by Gasteiger charge is 2.71. The van der Waals surface area contributed by atoms with Crippen LogP contribution < -0.4 is 0 Å². The number of aliphatic hydroxyl groups is 2. The normalized spacial score (nSPS) is 31.8. The molecule has 0 spiro atoms. The molecule has 0 unspecified atom stereocenters. The highest BCUT2D eigenvalue weighted by molar-refractivity contribution is 6.25. The number of hydrogen-bond donors (Lipinski definition) is 3. The molecule has 0 aromatic heterocycles. The maximum absolute atomic E-state index is 14.2. The van der Waals surface area contributed by atoms with Crippen molar-refractivity contribution in [1.82, 2.24) is 0 Å². The average Bonchev–Trinajstić information content (AvgIpc) is 2.89. The first kappa shape index (κ1) is 27.8. The van der Waals surface area contributed by atoms with Gasteiger partial charge >= 0.3 is 0 Å².